The first-order chi connectivity index (χ1) is 12.1. The van der Waals surface area contributed by atoms with Crippen LogP contribution in [-0.2, 0) is 19.1 Å². The van der Waals surface area contributed by atoms with Crippen molar-refractivity contribution in [2.75, 3.05) is 57.9 Å². The van der Waals surface area contributed by atoms with Crippen LogP contribution in [0.5, 0.6) is 0 Å². The van der Waals surface area contributed by atoms with Gasteiger partial charge in [0.05, 0.1) is 26.4 Å². The van der Waals surface area contributed by atoms with Crippen molar-refractivity contribution in [3.63, 3.8) is 0 Å². The van der Waals surface area contributed by atoms with Gasteiger partial charge in [-0.05, 0) is 19.1 Å². The first kappa shape index (κ1) is 17.8. The molecule has 2 aliphatic rings. The Morgan fingerprint density at radius 3 is 2.56 bits per heavy atom. The van der Waals surface area contributed by atoms with Gasteiger partial charge in [-0.1, -0.05) is 17.7 Å². The van der Waals surface area contributed by atoms with Crippen LogP contribution >= 0.6 is 0 Å². The molecule has 0 saturated carbocycles. The van der Waals surface area contributed by atoms with Crippen LogP contribution in [-0.4, -0.2) is 80.3 Å². The molecule has 1 N–H and O–H groups in total. The van der Waals surface area contributed by atoms with Crippen LogP contribution in [0.1, 0.15) is 5.56 Å². The molecule has 136 valence electrons. The molecule has 2 fully saturated rings. The van der Waals surface area contributed by atoms with E-state index in [1.807, 2.05) is 36.1 Å². The minimum absolute atomic E-state index is 0.00746. The Balaban J connectivity index is 1.49. The molecular weight excluding hydrogens is 322 g/mol. The highest BCUT2D eigenvalue weighted by Gasteiger charge is 2.31. The van der Waals surface area contributed by atoms with Gasteiger partial charge in [0.1, 0.15) is 6.10 Å². The van der Waals surface area contributed by atoms with Crippen molar-refractivity contribution in [2.45, 2.75) is 13.0 Å². The Bertz CT molecular complexity index is 599. The van der Waals surface area contributed by atoms with Gasteiger partial charge in [0.15, 0.2) is 0 Å². The maximum atomic E-state index is 12.5. The normalized spacial score (nSPS) is 21.8. The van der Waals surface area contributed by atoms with E-state index in [9.17, 15) is 9.59 Å². The number of hydrogen-bond donors (Lipinski definition) is 1. The standard InChI is InChI=1S/C18H25N3O4/c1-14-2-4-15(5-3-14)19-17(22)13-20-6-11-25-16(12-20)18(23)21-7-9-24-10-8-21/h2-5,16H,6-13H2,1H3,(H,19,22). The lowest BCUT2D eigenvalue weighted by molar-refractivity contribution is -0.154. The summed E-state index contributed by atoms with van der Waals surface area (Å²) in [6.45, 7) is 6.15. The number of anilines is 1. The fourth-order valence-electron chi connectivity index (χ4n) is 3.02. The molecule has 2 aliphatic heterocycles. The van der Waals surface area contributed by atoms with Gasteiger partial charge in [-0.25, -0.2) is 0 Å². The fourth-order valence-corrected chi connectivity index (χ4v) is 3.02. The van der Waals surface area contributed by atoms with E-state index < -0.39 is 6.10 Å². The van der Waals surface area contributed by atoms with E-state index in [1.54, 1.807) is 4.90 Å². The Labute approximate surface area is 147 Å². The average molecular weight is 347 g/mol. The van der Waals surface area contributed by atoms with Crippen molar-refractivity contribution in [1.29, 1.82) is 0 Å². The lowest BCUT2D eigenvalue weighted by atomic mass is 10.2. The number of ether oxygens (including phenoxy) is 2. The van der Waals surface area contributed by atoms with Crippen molar-refractivity contribution in [3.8, 4) is 0 Å². The van der Waals surface area contributed by atoms with E-state index in [-0.39, 0.29) is 18.4 Å². The minimum Gasteiger partial charge on any atom is -0.378 e. The summed E-state index contributed by atoms with van der Waals surface area (Å²) in [4.78, 5) is 28.5. The molecule has 1 aromatic carbocycles. The van der Waals surface area contributed by atoms with Crippen LogP contribution in [0.25, 0.3) is 0 Å². The lowest BCUT2D eigenvalue weighted by Crippen LogP contribution is -2.54. The monoisotopic (exact) mass is 347 g/mol. The average Bonchev–Trinajstić information content (AvgIpc) is 2.64. The van der Waals surface area contributed by atoms with Crippen LogP contribution in [0.3, 0.4) is 0 Å². The highest BCUT2D eigenvalue weighted by Crippen LogP contribution is 2.12. The third-order valence-corrected chi connectivity index (χ3v) is 4.45. The van der Waals surface area contributed by atoms with Crippen molar-refractivity contribution in [3.05, 3.63) is 29.8 Å². The zero-order valence-corrected chi connectivity index (χ0v) is 14.6. The van der Waals surface area contributed by atoms with Crippen LogP contribution < -0.4 is 5.32 Å². The minimum atomic E-state index is -0.501. The molecule has 0 aliphatic carbocycles. The molecule has 7 nitrogen and oxygen atoms in total. The lowest BCUT2D eigenvalue weighted by Gasteiger charge is -2.35. The van der Waals surface area contributed by atoms with Gasteiger partial charge in [-0.3, -0.25) is 14.5 Å². The van der Waals surface area contributed by atoms with E-state index in [2.05, 4.69) is 5.32 Å². The van der Waals surface area contributed by atoms with Gasteiger partial charge in [0.25, 0.3) is 5.91 Å². The largest absolute Gasteiger partial charge is 0.378 e. The number of aryl methyl sites for hydroxylation is 1. The maximum Gasteiger partial charge on any atom is 0.253 e. The zero-order valence-electron chi connectivity index (χ0n) is 14.6. The van der Waals surface area contributed by atoms with Crippen molar-refractivity contribution >= 4 is 17.5 Å². The van der Waals surface area contributed by atoms with E-state index in [1.165, 1.54) is 0 Å². The van der Waals surface area contributed by atoms with Gasteiger partial charge < -0.3 is 19.7 Å². The Morgan fingerprint density at radius 2 is 1.84 bits per heavy atom. The number of amides is 2. The first-order valence-corrected chi connectivity index (χ1v) is 8.69. The predicted molar refractivity (Wildman–Crippen MR) is 93.4 cm³/mol. The molecule has 2 saturated heterocycles. The summed E-state index contributed by atoms with van der Waals surface area (Å²) in [6, 6.07) is 7.69. The third kappa shape index (κ3) is 5.01. The van der Waals surface area contributed by atoms with Crippen molar-refractivity contribution in [1.82, 2.24) is 9.80 Å². The molecule has 0 aromatic heterocycles. The second kappa shape index (κ2) is 8.42. The SMILES string of the molecule is Cc1ccc(NC(=O)CN2CCOC(C(=O)N3CCOCC3)C2)cc1. The molecule has 0 spiro atoms. The van der Waals surface area contributed by atoms with Crippen molar-refractivity contribution in [2.24, 2.45) is 0 Å². The highest BCUT2D eigenvalue weighted by atomic mass is 16.5. The smallest absolute Gasteiger partial charge is 0.253 e. The molecule has 2 heterocycles. The van der Waals surface area contributed by atoms with E-state index in [0.717, 1.165) is 11.3 Å². The molecule has 1 atom stereocenters. The summed E-state index contributed by atoms with van der Waals surface area (Å²) in [5, 5.41) is 2.89. The molecule has 1 aromatic rings. The molecular formula is C18H25N3O4. The number of benzene rings is 1. The van der Waals surface area contributed by atoms with E-state index >= 15 is 0 Å². The number of morpholine rings is 2. The molecule has 3 rings (SSSR count). The number of rotatable bonds is 4. The number of nitrogens with one attached hydrogen (secondary N) is 1. The molecule has 0 radical (unpaired) electrons. The van der Waals surface area contributed by atoms with Crippen LogP contribution in [0, 0.1) is 6.92 Å². The third-order valence-electron chi connectivity index (χ3n) is 4.45. The summed E-state index contributed by atoms with van der Waals surface area (Å²) in [6.07, 6.45) is -0.501. The maximum absolute atomic E-state index is 12.5. The summed E-state index contributed by atoms with van der Waals surface area (Å²) in [5.41, 5.74) is 1.93. The Hall–Kier alpha value is -1.96. The van der Waals surface area contributed by atoms with Crippen molar-refractivity contribution < 1.29 is 19.1 Å². The van der Waals surface area contributed by atoms with E-state index in [0.29, 0.717) is 46.0 Å². The topological polar surface area (TPSA) is 71.1 Å². The summed E-state index contributed by atoms with van der Waals surface area (Å²) >= 11 is 0. The van der Waals surface area contributed by atoms with Crippen LogP contribution in [0.2, 0.25) is 0 Å². The van der Waals surface area contributed by atoms with Gasteiger partial charge in [-0.15, -0.1) is 0 Å². The van der Waals surface area contributed by atoms with Gasteiger partial charge in [0, 0.05) is 31.9 Å². The molecule has 25 heavy (non-hydrogen) atoms. The number of hydrogen-bond acceptors (Lipinski definition) is 5. The molecule has 2 amide bonds. The molecule has 0 bridgehead atoms. The fraction of sp³-hybridized carbons (Fsp3) is 0.556. The quantitative estimate of drug-likeness (QED) is 0.859. The Kier molecular flexibility index (Phi) is 6.01. The van der Waals surface area contributed by atoms with Crippen LogP contribution in [0.4, 0.5) is 5.69 Å². The number of carbonyl (C=O) groups is 2. The van der Waals surface area contributed by atoms with Crippen LogP contribution in [0.15, 0.2) is 24.3 Å². The number of nitrogens with zero attached hydrogens (tertiary/aromatic N) is 2. The van der Waals surface area contributed by atoms with E-state index in [4.69, 9.17) is 9.47 Å². The summed E-state index contributed by atoms with van der Waals surface area (Å²) < 4.78 is 10.9. The second-order valence-electron chi connectivity index (χ2n) is 6.45. The summed E-state index contributed by atoms with van der Waals surface area (Å²) in [7, 11) is 0. The molecule has 7 heteroatoms. The van der Waals surface area contributed by atoms with Gasteiger partial charge in [-0.2, -0.15) is 0 Å². The zero-order chi connectivity index (χ0) is 17.6. The van der Waals surface area contributed by atoms with Gasteiger partial charge in [0.2, 0.25) is 5.91 Å². The number of carbonyl (C=O) groups excluding carboxylic acids is 2. The first-order valence-electron chi connectivity index (χ1n) is 8.69. The summed E-state index contributed by atoms with van der Waals surface area (Å²) in [5.74, 6) is -0.0877. The highest BCUT2D eigenvalue weighted by molar-refractivity contribution is 5.92. The van der Waals surface area contributed by atoms with Gasteiger partial charge >= 0.3 is 0 Å². The molecule has 1 unspecified atom stereocenters. The Morgan fingerprint density at radius 1 is 1.12 bits per heavy atom. The predicted octanol–water partition coefficient (Wildman–Crippen LogP) is 0.493. The second-order valence-corrected chi connectivity index (χ2v) is 6.45.